The van der Waals surface area contributed by atoms with Gasteiger partial charge in [0.2, 0.25) is 0 Å². The second-order valence-corrected chi connectivity index (χ2v) is 4.21. The van der Waals surface area contributed by atoms with Crippen LogP contribution in [0.3, 0.4) is 0 Å². The second-order valence-electron chi connectivity index (χ2n) is 4.21. The number of nitrogens with one attached hydrogen (secondary N) is 2. The predicted octanol–water partition coefficient (Wildman–Crippen LogP) is 1.04. The molecule has 0 bridgehead atoms. The molecule has 1 fully saturated rings. The molecule has 2 N–H and O–H groups in total. The quantitative estimate of drug-likeness (QED) is 0.667. The van der Waals surface area contributed by atoms with Crippen molar-refractivity contribution in [3.05, 3.63) is 0 Å². The van der Waals surface area contributed by atoms with Crippen LogP contribution in [0.4, 0.5) is 4.79 Å². The molecule has 1 unspecified atom stereocenters. The number of ether oxygens (including phenoxy) is 1. The largest absolute Gasteiger partial charge is 0.465 e. The number of esters is 1. The molecule has 1 aliphatic rings. The molecule has 0 aromatic heterocycles. The third kappa shape index (κ3) is 5.58. The van der Waals surface area contributed by atoms with Crippen LogP contribution in [0.2, 0.25) is 0 Å². The van der Waals surface area contributed by atoms with Crippen LogP contribution in [-0.2, 0) is 9.53 Å². The first kappa shape index (κ1) is 12.8. The van der Waals surface area contributed by atoms with E-state index >= 15 is 0 Å². The highest BCUT2D eigenvalue weighted by Gasteiger charge is 2.24. The minimum atomic E-state index is -0.410. The Morgan fingerprint density at radius 2 is 2.12 bits per heavy atom. The minimum absolute atomic E-state index is 0.0736. The van der Waals surface area contributed by atoms with Gasteiger partial charge in [-0.15, -0.1) is 0 Å². The highest BCUT2D eigenvalue weighted by Crippen LogP contribution is 2.33. The van der Waals surface area contributed by atoms with Crippen LogP contribution in [0, 0.1) is 5.92 Å². The Morgan fingerprint density at radius 1 is 1.44 bits per heavy atom. The fraction of sp³-hybridized carbons (Fsp3) is 0.818. The average molecular weight is 228 g/mol. The minimum Gasteiger partial charge on any atom is -0.465 e. The zero-order valence-corrected chi connectivity index (χ0v) is 9.91. The van der Waals surface area contributed by atoms with E-state index in [2.05, 4.69) is 10.6 Å². The zero-order valence-electron chi connectivity index (χ0n) is 9.91. The molecule has 5 nitrogen and oxygen atoms in total. The van der Waals surface area contributed by atoms with Gasteiger partial charge in [0.15, 0.2) is 0 Å². The van der Waals surface area contributed by atoms with E-state index in [0.29, 0.717) is 6.61 Å². The maximum Gasteiger partial charge on any atom is 0.325 e. The Kier molecular flexibility index (Phi) is 5.08. The lowest BCUT2D eigenvalue weighted by atomic mass is 10.2. The lowest BCUT2D eigenvalue weighted by Crippen LogP contribution is -2.43. The lowest BCUT2D eigenvalue weighted by molar-refractivity contribution is -0.141. The van der Waals surface area contributed by atoms with Gasteiger partial charge in [-0.3, -0.25) is 4.79 Å². The van der Waals surface area contributed by atoms with Crippen molar-refractivity contribution < 1.29 is 14.3 Å². The molecule has 5 heteroatoms. The summed E-state index contributed by atoms with van der Waals surface area (Å²) in [6.07, 6.45) is 3.57. The maximum atomic E-state index is 11.3. The first-order valence-electron chi connectivity index (χ1n) is 5.81. The van der Waals surface area contributed by atoms with Crippen molar-refractivity contribution in [2.75, 3.05) is 13.2 Å². The highest BCUT2D eigenvalue weighted by molar-refractivity contribution is 5.80. The van der Waals surface area contributed by atoms with Gasteiger partial charge in [0, 0.05) is 6.04 Å². The lowest BCUT2D eigenvalue weighted by Gasteiger charge is -2.13. The Bertz CT molecular complexity index is 252. The van der Waals surface area contributed by atoms with Gasteiger partial charge in [-0.2, -0.15) is 0 Å². The van der Waals surface area contributed by atoms with Gasteiger partial charge < -0.3 is 15.4 Å². The first-order valence-corrected chi connectivity index (χ1v) is 5.81. The van der Waals surface area contributed by atoms with Crippen LogP contribution in [0.25, 0.3) is 0 Å². The van der Waals surface area contributed by atoms with Gasteiger partial charge in [0.25, 0.3) is 0 Å². The molecule has 0 aromatic carbocycles. The van der Waals surface area contributed by atoms with E-state index in [-0.39, 0.29) is 18.6 Å². The molecule has 1 saturated carbocycles. The van der Waals surface area contributed by atoms with E-state index in [4.69, 9.17) is 4.74 Å². The summed E-state index contributed by atoms with van der Waals surface area (Å²) in [6.45, 7) is 3.97. The molecule has 0 radical (unpaired) electrons. The number of hydrogen-bond donors (Lipinski definition) is 2. The Labute approximate surface area is 95.9 Å². The van der Waals surface area contributed by atoms with Crippen LogP contribution in [0.1, 0.15) is 33.1 Å². The molecule has 0 spiro atoms. The Morgan fingerprint density at radius 3 is 2.69 bits per heavy atom. The number of hydrogen-bond acceptors (Lipinski definition) is 3. The van der Waals surface area contributed by atoms with Gasteiger partial charge in [0.1, 0.15) is 6.54 Å². The summed E-state index contributed by atoms with van der Waals surface area (Å²) in [6, 6.07) is -0.143. The molecule has 2 amide bonds. The van der Waals surface area contributed by atoms with Crippen molar-refractivity contribution in [1.82, 2.24) is 10.6 Å². The van der Waals surface area contributed by atoms with Crippen molar-refractivity contribution in [1.29, 1.82) is 0 Å². The molecular weight excluding hydrogens is 208 g/mol. The van der Waals surface area contributed by atoms with E-state index in [1.807, 2.05) is 6.92 Å². The highest BCUT2D eigenvalue weighted by atomic mass is 16.5. The van der Waals surface area contributed by atoms with Gasteiger partial charge in [-0.05, 0) is 26.2 Å². The molecule has 0 heterocycles. The number of carbonyl (C=O) groups excluding carboxylic acids is 2. The van der Waals surface area contributed by atoms with Gasteiger partial charge >= 0.3 is 12.0 Å². The molecular formula is C11H20N2O3. The summed E-state index contributed by atoms with van der Waals surface area (Å²) in [5.41, 5.74) is 0. The normalized spacial score (nSPS) is 16.4. The van der Waals surface area contributed by atoms with E-state index in [9.17, 15) is 9.59 Å². The zero-order chi connectivity index (χ0) is 12.0. The van der Waals surface area contributed by atoms with Crippen molar-refractivity contribution in [2.24, 2.45) is 5.92 Å². The summed E-state index contributed by atoms with van der Waals surface area (Å²) in [5, 5.41) is 5.26. The topological polar surface area (TPSA) is 67.4 Å². The van der Waals surface area contributed by atoms with Crippen molar-refractivity contribution in [2.45, 2.75) is 39.2 Å². The molecule has 0 saturated heterocycles. The molecule has 92 valence electrons. The summed E-state index contributed by atoms with van der Waals surface area (Å²) in [7, 11) is 0. The van der Waals surface area contributed by atoms with Crippen molar-refractivity contribution >= 4 is 12.0 Å². The van der Waals surface area contributed by atoms with Crippen molar-refractivity contribution in [3.63, 3.8) is 0 Å². The molecule has 0 aromatic rings. The summed E-state index contributed by atoms with van der Waals surface area (Å²) < 4.78 is 4.69. The Hall–Kier alpha value is -1.26. The number of urea groups is 1. The van der Waals surface area contributed by atoms with Crippen LogP contribution >= 0.6 is 0 Å². The van der Waals surface area contributed by atoms with Crippen LogP contribution in [0.5, 0.6) is 0 Å². The fourth-order valence-electron chi connectivity index (χ4n) is 1.55. The summed E-state index contributed by atoms with van der Waals surface area (Å²) in [5.74, 6) is 0.368. The van der Waals surface area contributed by atoms with E-state index < -0.39 is 5.97 Å². The third-order valence-electron chi connectivity index (χ3n) is 2.46. The number of rotatable bonds is 6. The SMILES string of the molecule is CCOC(=O)CNC(=O)NC(C)CC1CC1. The molecule has 1 rings (SSSR count). The van der Waals surface area contributed by atoms with Gasteiger partial charge in [-0.25, -0.2) is 4.79 Å². The maximum absolute atomic E-state index is 11.3. The molecule has 1 atom stereocenters. The molecule has 16 heavy (non-hydrogen) atoms. The van der Waals surface area contributed by atoms with Crippen LogP contribution in [-0.4, -0.2) is 31.2 Å². The second kappa shape index (κ2) is 6.35. The van der Waals surface area contributed by atoms with Gasteiger partial charge in [-0.1, -0.05) is 12.8 Å². The number of amides is 2. The first-order chi connectivity index (χ1) is 7.61. The average Bonchev–Trinajstić information content (AvgIpc) is 2.99. The van der Waals surface area contributed by atoms with Gasteiger partial charge in [0.05, 0.1) is 6.61 Å². The third-order valence-corrected chi connectivity index (χ3v) is 2.46. The predicted molar refractivity (Wildman–Crippen MR) is 60.0 cm³/mol. The fourth-order valence-corrected chi connectivity index (χ4v) is 1.55. The van der Waals surface area contributed by atoms with Crippen molar-refractivity contribution in [3.8, 4) is 0 Å². The monoisotopic (exact) mass is 228 g/mol. The summed E-state index contributed by atoms with van der Waals surface area (Å²) >= 11 is 0. The smallest absolute Gasteiger partial charge is 0.325 e. The molecule has 1 aliphatic carbocycles. The summed E-state index contributed by atoms with van der Waals surface area (Å²) in [4.78, 5) is 22.3. The van der Waals surface area contributed by atoms with E-state index in [1.54, 1.807) is 6.92 Å². The molecule has 0 aliphatic heterocycles. The van der Waals surface area contributed by atoms with E-state index in [1.165, 1.54) is 12.8 Å². The van der Waals surface area contributed by atoms with Crippen LogP contribution in [0.15, 0.2) is 0 Å². The standard InChI is InChI=1S/C11H20N2O3/c1-3-16-10(14)7-12-11(15)13-8(2)6-9-4-5-9/h8-9H,3-7H2,1-2H3,(H2,12,13,15). The number of carbonyl (C=O) groups is 2. The van der Waals surface area contributed by atoms with E-state index in [0.717, 1.165) is 12.3 Å². The van der Waals surface area contributed by atoms with Crippen LogP contribution < -0.4 is 10.6 Å². The Balaban J connectivity index is 2.06.